The Kier molecular flexibility index (Phi) is 6.62. The first-order valence-corrected chi connectivity index (χ1v) is 11.8. The zero-order valence-electron chi connectivity index (χ0n) is 19.9. The third-order valence-corrected chi connectivity index (χ3v) is 6.21. The van der Waals surface area contributed by atoms with Gasteiger partial charge in [-0.3, -0.25) is 19.0 Å². The van der Waals surface area contributed by atoms with E-state index >= 15 is 0 Å². The molecule has 0 saturated carbocycles. The minimum Gasteiger partial charge on any atom is -0.350 e. The van der Waals surface area contributed by atoms with Crippen LogP contribution in [-0.2, 0) is 6.54 Å². The van der Waals surface area contributed by atoms with Crippen LogP contribution in [-0.4, -0.2) is 36.5 Å². The first-order chi connectivity index (χ1) is 16.6. The number of aromatic nitrogens is 4. The van der Waals surface area contributed by atoms with E-state index in [1.807, 2.05) is 27.7 Å². The minimum atomic E-state index is -0.582. The molecule has 0 fully saturated rings. The number of fused-ring (bicyclic) bond motifs is 3. The highest BCUT2D eigenvalue weighted by molar-refractivity contribution is 6.30. The summed E-state index contributed by atoms with van der Waals surface area (Å²) < 4.78 is 3.73. The second-order valence-corrected chi connectivity index (χ2v) is 9.23. The van der Waals surface area contributed by atoms with Crippen molar-refractivity contribution in [1.82, 2.24) is 24.1 Å². The van der Waals surface area contributed by atoms with Crippen LogP contribution in [0.1, 0.15) is 60.9 Å². The molecule has 0 radical (unpaired) electrons. The van der Waals surface area contributed by atoms with Crippen molar-refractivity contribution in [2.75, 3.05) is 0 Å². The summed E-state index contributed by atoms with van der Waals surface area (Å²) >= 11 is 5.90. The van der Waals surface area contributed by atoms with Crippen LogP contribution in [0.15, 0.2) is 52.1 Å². The predicted molar refractivity (Wildman–Crippen MR) is 135 cm³/mol. The predicted octanol–water partition coefficient (Wildman–Crippen LogP) is 3.46. The van der Waals surface area contributed by atoms with Gasteiger partial charge in [0.1, 0.15) is 6.54 Å². The summed E-state index contributed by atoms with van der Waals surface area (Å²) in [6.07, 6.45) is 0.760. The normalized spacial score (nSPS) is 12.4. The molecule has 2 aromatic carbocycles. The molecule has 1 atom stereocenters. The van der Waals surface area contributed by atoms with Crippen molar-refractivity contribution in [3.05, 3.63) is 79.5 Å². The molecule has 0 aliphatic rings. The summed E-state index contributed by atoms with van der Waals surface area (Å²) in [5, 5.41) is 8.00. The van der Waals surface area contributed by atoms with Crippen LogP contribution >= 0.6 is 11.6 Å². The molecule has 2 aromatic heterocycles. The van der Waals surface area contributed by atoms with E-state index in [9.17, 15) is 19.2 Å². The molecule has 0 bridgehead atoms. The van der Waals surface area contributed by atoms with Gasteiger partial charge in [-0.15, -0.1) is 5.10 Å². The number of hydrogen-bond donors (Lipinski definition) is 1. The first kappa shape index (κ1) is 24.4. The maximum atomic E-state index is 13.4. The molecule has 4 rings (SSSR count). The van der Waals surface area contributed by atoms with Gasteiger partial charge in [0, 0.05) is 28.2 Å². The standard InChI is InChI=1S/C25H26ClN5O4/c1-5-15(4)27-22(33)17-8-11-19-20(12-17)31-24(30(14(2)3)23(19)34)28-29(25(31)35)13-21(32)16-6-9-18(26)10-7-16/h6-12,14-15H,5,13H2,1-4H3,(H,27,33). The topological polar surface area (TPSA) is 107 Å². The number of carbonyl (C=O) groups is 2. The molecule has 0 spiro atoms. The Labute approximate surface area is 205 Å². The lowest BCUT2D eigenvalue weighted by atomic mass is 10.1. The molecule has 0 aliphatic carbocycles. The van der Waals surface area contributed by atoms with Crippen molar-refractivity contribution in [3.8, 4) is 0 Å². The summed E-state index contributed by atoms with van der Waals surface area (Å²) in [5.41, 5.74) is 0.0406. The Bertz CT molecular complexity index is 1560. The molecule has 1 amide bonds. The molecule has 1 unspecified atom stereocenters. The van der Waals surface area contributed by atoms with E-state index in [4.69, 9.17) is 11.6 Å². The van der Waals surface area contributed by atoms with Gasteiger partial charge >= 0.3 is 5.69 Å². The lowest BCUT2D eigenvalue weighted by Gasteiger charge is -2.14. The number of nitrogens with zero attached hydrogens (tertiary/aromatic N) is 4. The molecule has 10 heteroatoms. The van der Waals surface area contributed by atoms with E-state index in [1.165, 1.54) is 15.0 Å². The largest absolute Gasteiger partial charge is 0.352 e. The van der Waals surface area contributed by atoms with Crippen LogP contribution in [0.5, 0.6) is 0 Å². The third kappa shape index (κ3) is 4.51. The first-order valence-electron chi connectivity index (χ1n) is 11.4. The zero-order valence-corrected chi connectivity index (χ0v) is 20.7. The molecule has 1 N–H and O–H groups in total. The number of nitrogens with one attached hydrogen (secondary N) is 1. The molecule has 35 heavy (non-hydrogen) atoms. The second kappa shape index (κ2) is 9.50. The number of ketones is 1. The molecular weight excluding hydrogens is 470 g/mol. The number of carbonyl (C=O) groups excluding carboxylic acids is 2. The fourth-order valence-electron chi connectivity index (χ4n) is 3.86. The molecule has 182 valence electrons. The maximum Gasteiger partial charge on any atom is 0.352 e. The van der Waals surface area contributed by atoms with Crippen molar-refractivity contribution in [2.24, 2.45) is 0 Å². The van der Waals surface area contributed by atoms with Crippen molar-refractivity contribution in [2.45, 2.75) is 52.7 Å². The molecular formula is C25H26ClN5O4. The van der Waals surface area contributed by atoms with E-state index in [0.29, 0.717) is 16.1 Å². The van der Waals surface area contributed by atoms with Gasteiger partial charge < -0.3 is 5.32 Å². The lowest BCUT2D eigenvalue weighted by Crippen LogP contribution is -2.32. The Balaban J connectivity index is 1.90. The van der Waals surface area contributed by atoms with Crippen LogP contribution in [0.25, 0.3) is 16.7 Å². The SMILES string of the molecule is CCC(C)NC(=O)c1ccc2c(=O)n(C(C)C)c3nn(CC(=O)c4ccc(Cl)cc4)c(=O)n3c2c1. The fourth-order valence-corrected chi connectivity index (χ4v) is 3.99. The van der Waals surface area contributed by atoms with Gasteiger partial charge in [0.15, 0.2) is 5.78 Å². The number of amides is 1. The quantitative estimate of drug-likeness (QED) is 0.395. The molecule has 0 aliphatic heterocycles. The summed E-state index contributed by atoms with van der Waals surface area (Å²) in [4.78, 5) is 52.3. The molecule has 9 nitrogen and oxygen atoms in total. The summed E-state index contributed by atoms with van der Waals surface area (Å²) in [6.45, 7) is 7.16. The van der Waals surface area contributed by atoms with Gasteiger partial charge in [-0.25, -0.2) is 13.9 Å². The monoisotopic (exact) mass is 495 g/mol. The van der Waals surface area contributed by atoms with Crippen LogP contribution in [0.3, 0.4) is 0 Å². The average Bonchev–Trinajstić information content (AvgIpc) is 3.14. The Morgan fingerprint density at radius 1 is 1.03 bits per heavy atom. The fraction of sp³-hybridized carbons (Fsp3) is 0.320. The van der Waals surface area contributed by atoms with Gasteiger partial charge in [-0.05, 0) is 69.7 Å². The van der Waals surface area contributed by atoms with Crippen LogP contribution in [0.4, 0.5) is 0 Å². The van der Waals surface area contributed by atoms with Crippen molar-refractivity contribution in [3.63, 3.8) is 0 Å². The summed E-state index contributed by atoms with van der Waals surface area (Å²) in [6, 6.07) is 10.6. The van der Waals surface area contributed by atoms with Gasteiger partial charge in [0.2, 0.25) is 5.78 Å². The van der Waals surface area contributed by atoms with Crippen molar-refractivity contribution in [1.29, 1.82) is 0 Å². The highest BCUT2D eigenvalue weighted by atomic mass is 35.5. The number of halogens is 1. The molecule has 2 heterocycles. The second-order valence-electron chi connectivity index (χ2n) is 8.79. The number of rotatable bonds is 7. The van der Waals surface area contributed by atoms with Gasteiger partial charge in [-0.1, -0.05) is 18.5 Å². The zero-order chi connectivity index (χ0) is 25.4. The average molecular weight is 496 g/mol. The van der Waals surface area contributed by atoms with E-state index in [0.717, 1.165) is 11.1 Å². The smallest absolute Gasteiger partial charge is 0.350 e. The van der Waals surface area contributed by atoms with E-state index in [1.54, 1.807) is 36.4 Å². The van der Waals surface area contributed by atoms with Crippen molar-refractivity contribution >= 4 is 40.0 Å². The number of benzene rings is 2. The Morgan fingerprint density at radius 2 is 1.69 bits per heavy atom. The highest BCUT2D eigenvalue weighted by Crippen LogP contribution is 2.17. The molecule has 4 aromatic rings. The lowest BCUT2D eigenvalue weighted by molar-refractivity contribution is 0.0937. The van der Waals surface area contributed by atoms with Gasteiger partial charge in [-0.2, -0.15) is 0 Å². The molecule has 0 saturated heterocycles. The summed E-state index contributed by atoms with van der Waals surface area (Å²) in [5.74, 6) is -0.532. The van der Waals surface area contributed by atoms with E-state index in [-0.39, 0.29) is 52.6 Å². The van der Waals surface area contributed by atoms with Crippen molar-refractivity contribution < 1.29 is 9.59 Å². The minimum absolute atomic E-state index is 0.0310. The summed E-state index contributed by atoms with van der Waals surface area (Å²) in [7, 11) is 0. The number of Topliss-reactive ketones (excluding diaryl/α,β-unsaturated/α-hetero) is 1. The van der Waals surface area contributed by atoms with Gasteiger partial charge in [0.25, 0.3) is 11.5 Å². The number of hydrogen-bond acceptors (Lipinski definition) is 5. The van der Waals surface area contributed by atoms with Crippen LogP contribution in [0, 0.1) is 0 Å². The van der Waals surface area contributed by atoms with E-state index < -0.39 is 5.69 Å². The van der Waals surface area contributed by atoms with Crippen LogP contribution in [0.2, 0.25) is 5.02 Å². The highest BCUT2D eigenvalue weighted by Gasteiger charge is 2.21. The van der Waals surface area contributed by atoms with Crippen LogP contribution < -0.4 is 16.6 Å². The Morgan fingerprint density at radius 3 is 2.31 bits per heavy atom. The van der Waals surface area contributed by atoms with Gasteiger partial charge in [0.05, 0.1) is 10.9 Å². The maximum absolute atomic E-state index is 13.4. The van der Waals surface area contributed by atoms with E-state index in [2.05, 4.69) is 10.4 Å². The third-order valence-electron chi connectivity index (χ3n) is 5.95. The Hall–Kier alpha value is -3.72.